The molecule has 20 heavy (non-hydrogen) atoms. The minimum Gasteiger partial charge on any atom is -0.394 e. The quantitative estimate of drug-likeness (QED) is 0.573. The summed E-state index contributed by atoms with van der Waals surface area (Å²) in [6.45, 7) is 5.29. The van der Waals surface area contributed by atoms with Gasteiger partial charge in [-0.2, -0.15) is 0 Å². The Balaban J connectivity index is 2.43. The minimum atomic E-state index is 0.135. The lowest BCUT2D eigenvalue weighted by molar-refractivity contribution is 0.254. The summed E-state index contributed by atoms with van der Waals surface area (Å²) in [5, 5.41) is 9.68. The van der Waals surface area contributed by atoms with Crippen molar-refractivity contribution in [1.82, 2.24) is 9.97 Å². The van der Waals surface area contributed by atoms with Crippen molar-refractivity contribution in [2.75, 3.05) is 23.5 Å². The maximum atomic E-state index is 9.68. The van der Waals surface area contributed by atoms with E-state index in [1.54, 1.807) is 0 Å². The fourth-order valence-corrected chi connectivity index (χ4v) is 2.91. The van der Waals surface area contributed by atoms with Crippen LogP contribution in [0.4, 0.5) is 11.6 Å². The summed E-state index contributed by atoms with van der Waals surface area (Å²) in [7, 11) is 0. The number of hydrogen-bond donors (Lipinski definition) is 3. The summed E-state index contributed by atoms with van der Waals surface area (Å²) < 4.78 is 0. The average Bonchev–Trinajstić information content (AvgIpc) is 2.71. The molecule has 0 aliphatic carbocycles. The zero-order chi connectivity index (χ0) is 14.5. The Kier molecular flexibility index (Phi) is 5.14. The van der Waals surface area contributed by atoms with E-state index in [9.17, 15) is 5.11 Å². The molecule has 4 N–H and O–H groups in total. The molecular formula is C14H25N5O. The number of hydrazine groups is 1. The second kappa shape index (κ2) is 6.85. The van der Waals surface area contributed by atoms with Crippen LogP contribution in [0, 0.1) is 0 Å². The molecule has 6 heteroatoms. The SMILES string of the molecule is CC(C)c1c(NN)ncnc1N1CCCCCC1CO. The molecule has 2 rings (SSSR count). The Hall–Kier alpha value is -1.40. The van der Waals surface area contributed by atoms with Gasteiger partial charge in [-0.3, -0.25) is 0 Å². The lowest BCUT2D eigenvalue weighted by Crippen LogP contribution is -2.39. The molecule has 1 aromatic heterocycles. The minimum absolute atomic E-state index is 0.135. The van der Waals surface area contributed by atoms with Crippen LogP contribution >= 0.6 is 0 Å². The number of nitrogens with zero attached hydrogens (tertiary/aromatic N) is 3. The van der Waals surface area contributed by atoms with Gasteiger partial charge < -0.3 is 15.4 Å². The van der Waals surface area contributed by atoms with Crippen molar-refractivity contribution in [3.05, 3.63) is 11.9 Å². The third kappa shape index (κ3) is 3.02. The Morgan fingerprint density at radius 1 is 1.40 bits per heavy atom. The highest BCUT2D eigenvalue weighted by molar-refractivity contribution is 5.60. The van der Waals surface area contributed by atoms with E-state index in [2.05, 4.69) is 34.1 Å². The van der Waals surface area contributed by atoms with Crippen LogP contribution in [0.2, 0.25) is 0 Å². The van der Waals surface area contributed by atoms with Crippen LogP contribution in [0.5, 0.6) is 0 Å². The van der Waals surface area contributed by atoms with E-state index in [1.807, 2.05) is 0 Å². The van der Waals surface area contributed by atoms with Crippen LogP contribution in [0.1, 0.15) is 51.0 Å². The lowest BCUT2D eigenvalue weighted by atomic mass is 10.0. The molecule has 1 atom stereocenters. The summed E-state index contributed by atoms with van der Waals surface area (Å²) in [5.74, 6) is 7.42. The maximum Gasteiger partial charge on any atom is 0.148 e. The van der Waals surface area contributed by atoms with Gasteiger partial charge in [0.05, 0.1) is 12.6 Å². The first-order chi connectivity index (χ1) is 9.69. The molecule has 0 amide bonds. The van der Waals surface area contributed by atoms with E-state index < -0.39 is 0 Å². The monoisotopic (exact) mass is 279 g/mol. The maximum absolute atomic E-state index is 9.68. The molecule has 0 spiro atoms. The normalized spacial score (nSPS) is 20.1. The molecule has 1 aliphatic heterocycles. The van der Waals surface area contributed by atoms with Gasteiger partial charge in [-0.1, -0.05) is 26.7 Å². The topological polar surface area (TPSA) is 87.3 Å². The highest BCUT2D eigenvalue weighted by Crippen LogP contribution is 2.33. The first-order valence-corrected chi connectivity index (χ1v) is 7.38. The van der Waals surface area contributed by atoms with Gasteiger partial charge >= 0.3 is 0 Å². The first-order valence-electron chi connectivity index (χ1n) is 7.38. The summed E-state index contributed by atoms with van der Waals surface area (Å²) >= 11 is 0. The van der Waals surface area contributed by atoms with Gasteiger partial charge in [0, 0.05) is 12.1 Å². The van der Waals surface area contributed by atoms with Gasteiger partial charge in [0.1, 0.15) is 18.0 Å². The number of aliphatic hydroxyl groups excluding tert-OH is 1. The van der Waals surface area contributed by atoms with E-state index in [0.29, 0.717) is 5.82 Å². The van der Waals surface area contributed by atoms with Crippen LogP contribution in [0.25, 0.3) is 0 Å². The number of anilines is 2. The van der Waals surface area contributed by atoms with Crippen LogP contribution in [-0.2, 0) is 0 Å². The predicted molar refractivity (Wildman–Crippen MR) is 80.6 cm³/mol. The van der Waals surface area contributed by atoms with Crippen molar-refractivity contribution in [2.24, 2.45) is 5.84 Å². The van der Waals surface area contributed by atoms with Crippen molar-refractivity contribution >= 4 is 11.6 Å². The molecule has 112 valence electrons. The van der Waals surface area contributed by atoms with Gasteiger partial charge in [-0.15, -0.1) is 0 Å². The fourth-order valence-electron chi connectivity index (χ4n) is 2.91. The molecule has 1 aliphatic rings. The van der Waals surface area contributed by atoms with E-state index in [-0.39, 0.29) is 18.6 Å². The number of nitrogens with one attached hydrogen (secondary N) is 1. The number of nitrogen functional groups attached to an aromatic ring is 1. The van der Waals surface area contributed by atoms with E-state index in [1.165, 1.54) is 12.7 Å². The Labute approximate surface area is 120 Å². The molecular weight excluding hydrogens is 254 g/mol. The lowest BCUT2D eigenvalue weighted by Gasteiger charge is -2.32. The number of rotatable bonds is 4. The van der Waals surface area contributed by atoms with E-state index in [0.717, 1.165) is 37.2 Å². The smallest absolute Gasteiger partial charge is 0.148 e. The molecule has 0 saturated carbocycles. The number of aromatic nitrogens is 2. The second-order valence-electron chi connectivity index (χ2n) is 5.64. The third-order valence-corrected chi connectivity index (χ3v) is 3.94. The largest absolute Gasteiger partial charge is 0.394 e. The summed E-state index contributed by atoms with van der Waals surface area (Å²) in [5.41, 5.74) is 3.69. The first kappa shape index (κ1) is 15.0. The van der Waals surface area contributed by atoms with Crippen LogP contribution in [0.15, 0.2) is 6.33 Å². The Bertz CT molecular complexity index is 438. The Morgan fingerprint density at radius 2 is 2.20 bits per heavy atom. The van der Waals surface area contributed by atoms with Crippen molar-refractivity contribution < 1.29 is 5.11 Å². The van der Waals surface area contributed by atoms with Gasteiger partial charge in [-0.25, -0.2) is 15.8 Å². The molecule has 1 aromatic rings. The summed E-state index contributed by atoms with van der Waals surface area (Å²) in [6.07, 6.45) is 6.03. The van der Waals surface area contributed by atoms with Gasteiger partial charge in [0.15, 0.2) is 0 Å². The van der Waals surface area contributed by atoms with Gasteiger partial charge in [0.25, 0.3) is 0 Å². The second-order valence-corrected chi connectivity index (χ2v) is 5.64. The van der Waals surface area contributed by atoms with Crippen LogP contribution in [0.3, 0.4) is 0 Å². The standard InChI is InChI=1S/C14H25N5O/c1-10(2)12-13(18-15)16-9-17-14(12)19-7-5-3-4-6-11(19)8-20/h9-11,20H,3-8,15H2,1-2H3,(H,16,17,18). The number of nitrogens with two attached hydrogens (primary N) is 1. The highest BCUT2D eigenvalue weighted by Gasteiger charge is 2.26. The zero-order valence-electron chi connectivity index (χ0n) is 12.3. The van der Waals surface area contributed by atoms with Gasteiger partial charge in [-0.05, 0) is 18.8 Å². The van der Waals surface area contributed by atoms with E-state index in [4.69, 9.17) is 5.84 Å². The van der Waals surface area contributed by atoms with Gasteiger partial charge in [0.2, 0.25) is 0 Å². The summed E-state index contributed by atoms with van der Waals surface area (Å²) in [4.78, 5) is 10.9. The van der Waals surface area contributed by atoms with Crippen molar-refractivity contribution in [1.29, 1.82) is 0 Å². The van der Waals surface area contributed by atoms with Crippen molar-refractivity contribution in [2.45, 2.75) is 51.5 Å². The van der Waals surface area contributed by atoms with Crippen molar-refractivity contribution in [3.8, 4) is 0 Å². The molecule has 0 bridgehead atoms. The zero-order valence-corrected chi connectivity index (χ0v) is 12.3. The molecule has 1 fully saturated rings. The highest BCUT2D eigenvalue weighted by atomic mass is 16.3. The van der Waals surface area contributed by atoms with Crippen molar-refractivity contribution in [3.63, 3.8) is 0 Å². The molecule has 1 unspecified atom stereocenters. The molecule has 0 aromatic carbocycles. The predicted octanol–water partition coefficient (Wildman–Crippen LogP) is 1.63. The molecule has 1 saturated heterocycles. The molecule has 2 heterocycles. The number of hydrogen-bond acceptors (Lipinski definition) is 6. The summed E-state index contributed by atoms with van der Waals surface area (Å²) in [6, 6.07) is 0.135. The molecule has 0 radical (unpaired) electrons. The van der Waals surface area contributed by atoms with E-state index >= 15 is 0 Å². The van der Waals surface area contributed by atoms with Crippen LogP contribution < -0.4 is 16.2 Å². The third-order valence-electron chi connectivity index (χ3n) is 3.94. The molecule has 6 nitrogen and oxygen atoms in total. The Morgan fingerprint density at radius 3 is 2.85 bits per heavy atom. The fraction of sp³-hybridized carbons (Fsp3) is 0.714. The average molecular weight is 279 g/mol. The number of aliphatic hydroxyl groups is 1. The van der Waals surface area contributed by atoms with Crippen LogP contribution in [-0.4, -0.2) is 34.3 Å².